The number of sulfonamides is 1. The maximum atomic E-state index is 12.9. The van der Waals surface area contributed by atoms with Gasteiger partial charge in [-0.25, -0.2) is 8.42 Å². The van der Waals surface area contributed by atoms with Crippen molar-refractivity contribution in [1.29, 1.82) is 0 Å². The largest absolute Gasteiger partial charge is 0.308 e. The number of likely N-dealkylation sites (tertiary alicyclic amines) is 1. The molecule has 140 valence electrons. The second-order valence-corrected chi connectivity index (χ2v) is 8.66. The van der Waals surface area contributed by atoms with E-state index in [9.17, 15) is 8.42 Å². The predicted molar refractivity (Wildman–Crippen MR) is 105 cm³/mol. The zero-order chi connectivity index (χ0) is 18.3. The first-order chi connectivity index (χ1) is 11.9. The Hall–Kier alpha value is -1.21. The Balaban J connectivity index is 2.13. The minimum atomic E-state index is -3.44. The van der Waals surface area contributed by atoms with Crippen molar-refractivity contribution in [1.82, 2.24) is 14.1 Å². The van der Waals surface area contributed by atoms with Gasteiger partial charge in [-0.2, -0.15) is 4.31 Å². The Bertz CT molecular complexity index is 644. The minimum absolute atomic E-state index is 0.326. The zero-order valence-corrected chi connectivity index (χ0v) is 16.5. The molecule has 1 heterocycles. The van der Waals surface area contributed by atoms with Crippen LogP contribution in [0.1, 0.15) is 25.3 Å². The quantitative estimate of drug-likeness (QED) is 0.674. The van der Waals surface area contributed by atoms with Crippen molar-refractivity contribution >= 4 is 16.1 Å². The van der Waals surface area contributed by atoms with Crippen LogP contribution in [-0.4, -0.2) is 75.4 Å². The highest BCUT2D eigenvalue weighted by Crippen LogP contribution is 2.19. The summed E-state index contributed by atoms with van der Waals surface area (Å²) in [6.07, 6.45) is 3.91. The van der Waals surface area contributed by atoms with Crippen LogP contribution in [0.2, 0.25) is 0 Å². The number of likely N-dealkylation sites (N-methyl/N-ethyl adjacent to an activating group) is 2. The van der Waals surface area contributed by atoms with E-state index in [0.717, 1.165) is 38.0 Å². The van der Waals surface area contributed by atoms with E-state index in [1.165, 1.54) is 5.41 Å². The standard InChI is InChI=1S/C19H31N3O2S/c1-4-21-13-8-11-19(21)17-22(15-14-20(2)3)25(23,24)16-12-18-9-6-5-7-10-18/h5-7,9-10,12,16,19H,4,8,11,13-15,17H2,1-3H3/b16-12+. The van der Waals surface area contributed by atoms with Gasteiger partial charge < -0.3 is 4.90 Å². The van der Waals surface area contributed by atoms with Crippen LogP contribution >= 0.6 is 0 Å². The van der Waals surface area contributed by atoms with Crippen molar-refractivity contribution in [2.24, 2.45) is 0 Å². The molecule has 0 saturated carbocycles. The van der Waals surface area contributed by atoms with E-state index in [2.05, 4.69) is 11.8 Å². The first-order valence-corrected chi connectivity index (χ1v) is 10.5. The molecule has 2 rings (SSSR count). The lowest BCUT2D eigenvalue weighted by atomic mass is 10.2. The molecule has 0 N–H and O–H groups in total. The fourth-order valence-electron chi connectivity index (χ4n) is 3.20. The Labute approximate surface area is 153 Å². The minimum Gasteiger partial charge on any atom is -0.308 e. The topological polar surface area (TPSA) is 43.9 Å². The second-order valence-electron chi connectivity index (χ2n) is 6.84. The van der Waals surface area contributed by atoms with Gasteiger partial charge in [-0.15, -0.1) is 0 Å². The van der Waals surface area contributed by atoms with Crippen molar-refractivity contribution in [2.75, 3.05) is 46.8 Å². The normalized spacial score (nSPS) is 19.5. The molecule has 1 unspecified atom stereocenters. The van der Waals surface area contributed by atoms with Crippen molar-refractivity contribution in [3.8, 4) is 0 Å². The summed E-state index contributed by atoms with van der Waals surface area (Å²) in [6.45, 7) is 6.00. The Morgan fingerprint density at radius 3 is 2.56 bits per heavy atom. The number of rotatable bonds is 9. The first-order valence-electron chi connectivity index (χ1n) is 9.04. The lowest BCUT2D eigenvalue weighted by Crippen LogP contribution is -2.44. The Morgan fingerprint density at radius 2 is 1.92 bits per heavy atom. The van der Waals surface area contributed by atoms with Crippen molar-refractivity contribution < 1.29 is 8.42 Å². The monoisotopic (exact) mass is 365 g/mol. The molecular weight excluding hydrogens is 334 g/mol. The molecule has 1 aliphatic rings. The first kappa shape index (κ1) is 20.1. The van der Waals surface area contributed by atoms with Gasteiger partial charge in [0.15, 0.2) is 0 Å². The molecule has 1 fully saturated rings. The fraction of sp³-hybridized carbons (Fsp3) is 0.579. The third-order valence-electron chi connectivity index (χ3n) is 4.71. The molecule has 5 nitrogen and oxygen atoms in total. The van der Waals surface area contributed by atoms with E-state index in [4.69, 9.17) is 0 Å². The average Bonchev–Trinajstić information content (AvgIpc) is 3.04. The summed E-state index contributed by atoms with van der Waals surface area (Å²) in [5, 5.41) is 1.35. The number of hydrogen-bond donors (Lipinski definition) is 0. The molecule has 0 aliphatic carbocycles. The highest BCUT2D eigenvalue weighted by molar-refractivity contribution is 7.92. The van der Waals surface area contributed by atoms with Crippen LogP contribution in [0.3, 0.4) is 0 Å². The highest BCUT2D eigenvalue weighted by Gasteiger charge is 2.29. The molecule has 0 amide bonds. The van der Waals surface area contributed by atoms with Gasteiger partial charge in [-0.05, 0) is 51.7 Å². The molecule has 0 spiro atoms. The Morgan fingerprint density at radius 1 is 1.20 bits per heavy atom. The molecule has 1 atom stereocenters. The van der Waals surface area contributed by atoms with Gasteiger partial charge in [0.05, 0.1) is 0 Å². The molecule has 0 radical (unpaired) electrons. The van der Waals surface area contributed by atoms with Crippen LogP contribution in [-0.2, 0) is 10.0 Å². The van der Waals surface area contributed by atoms with E-state index in [1.54, 1.807) is 10.4 Å². The molecule has 1 saturated heterocycles. The van der Waals surface area contributed by atoms with E-state index < -0.39 is 10.0 Å². The average molecular weight is 366 g/mol. The van der Waals surface area contributed by atoms with Crippen LogP contribution in [0.5, 0.6) is 0 Å². The SMILES string of the molecule is CCN1CCCC1CN(CCN(C)C)S(=O)(=O)/C=C/c1ccccc1. The summed E-state index contributed by atoms with van der Waals surface area (Å²) >= 11 is 0. The Kier molecular flexibility index (Phi) is 7.62. The summed E-state index contributed by atoms with van der Waals surface area (Å²) in [7, 11) is 0.506. The molecule has 1 aromatic rings. The van der Waals surface area contributed by atoms with Gasteiger partial charge in [-0.3, -0.25) is 4.90 Å². The van der Waals surface area contributed by atoms with E-state index in [0.29, 0.717) is 19.1 Å². The number of hydrogen-bond acceptors (Lipinski definition) is 4. The third kappa shape index (κ3) is 6.22. The molecule has 25 heavy (non-hydrogen) atoms. The lowest BCUT2D eigenvalue weighted by molar-refractivity contribution is 0.221. The zero-order valence-electron chi connectivity index (χ0n) is 15.6. The highest BCUT2D eigenvalue weighted by atomic mass is 32.2. The van der Waals surface area contributed by atoms with Crippen molar-refractivity contribution in [3.05, 3.63) is 41.3 Å². The van der Waals surface area contributed by atoms with Crippen LogP contribution < -0.4 is 0 Å². The maximum absolute atomic E-state index is 12.9. The summed E-state index contributed by atoms with van der Waals surface area (Å²) in [5.41, 5.74) is 0.898. The van der Waals surface area contributed by atoms with Crippen LogP contribution in [0.4, 0.5) is 0 Å². The van der Waals surface area contributed by atoms with Gasteiger partial charge in [0, 0.05) is 31.1 Å². The smallest absolute Gasteiger partial charge is 0.236 e. The van der Waals surface area contributed by atoms with Gasteiger partial charge >= 0.3 is 0 Å². The second kappa shape index (κ2) is 9.48. The van der Waals surface area contributed by atoms with E-state index in [-0.39, 0.29) is 0 Å². The van der Waals surface area contributed by atoms with Crippen LogP contribution in [0.15, 0.2) is 35.7 Å². The summed E-state index contributed by atoms with van der Waals surface area (Å²) in [5.74, 6) is 0. The molecule has 0 bridgehead atoms. The summed E-state index contributed by atoms with van der Waals surface area (Å²) in [4.78, 5) is 4.41. The summed E-state index contributed by atoms with van der Waals surface area (Å²) < 4.78 is 27.4. The maximum Gasteiger partial charge on any atom is 0.236 e. The molecule has 1 aromatic carbocycles. The fourth-order valence-corrected chi connectivity index (χ4v) is 4.42. The van der Waals surface area contributed by atoms with E-state index >= 15 is 0 Å². The predicted octanol–water partition coefficient (Wildman–Crippen LogP) is 2.34. The number of nitrogens with zero attached hydrogens (tertiary/aromatic N) is 3. The molecule has 0 aromatic heterocycles. The van der Waals surface area contributed by atoms with Crippen molar-refractivity contribution in [3.63, 3.8) is 0 Å². The van der Waals surface area contributed by atoms with Gasteiger partial charge in [0.1, 0.15) is 0 Å². The van der Waals surface area contributed by atoms with Crippen molar-refractivity contribution in [2.45, 2.75) is 25.8 Å². The van der Waals surface area contributed by atoms with Crippen LogP contribution in [0, 0.1) is 0 Å². The number of benzene rings is 1. The van der Waals surface area contributed by atoms with Gasteiger partial charge in [0.2, 0.25) is 10.0 Å². The van der Waals surface area contributed by atoms with Crippen LogP contribution in [0.25, 0.3) is 6.08 Å². The molecular formula is C19H31N3O2S. The summed E-state index contributed by atoms with van der Waals surface area (Å²) in [6, 6.07) is 9.89. The molecule has 1 aliphatic heterocycles. The third-order valence-corrected chi connectivity index (χ3v) is 6.24. The molecule has 6 heteroatoms. The van der Waals surface area contributed by atoms with E-state index in [1.807, 2.05) is 49.3 Å². The lowest BCUT2D eigenvalue weighted by Gasteiger charge is -2.29. The van der Waals surface area contributed by atoms with Gasteiger partial charge in [0.25, 0.3) is 0 Å². The van der Waals surface area contributed by atoms with Gasteiger partial charge in [-0.1, -0.05) is 37.3 Å².